The summed E-state index contributed by atoms with van der Waals surface area (Å²) >= 11 is 0. The van der Waals surface area contributed by atoms with Gasteiger partial charge in [-0.15, -0.1) is 0 Å². The minimum atomic E-state index is -1.79. The fraction of sp³-hybridized carbons (Fsp3) is 0.250. The number of aromatic hydroxyl groups is 1. The third-order valence-corrected chi connectivity index (χ3v) is 5.71. The minimum Gasteiger partial charge on any atom is -0.508 e. The second kappa shape index (κ2) is 7.07. The van der Waals surface area contributed by atoms with Crippen molar-refractivity contribution in [2.45, 2.75) is 31.5 Å². The predicted octanol–water partition coefficient (Wildman–Crippen LogP) is 5.51. The fourth-order valence-corrected chi connectivity index (χ4v) is 4.05. The highest BCUT2D eigenvalue weighted by molar-refractivity contribution is 5.51. The molecule has 0 spiro atoms. The first-order valence-corrected chi connectivity index (χ1v) is 9.57. The number of alkyl halides is 1. The van der Waals surface area contributed by atoms with Crippen molar-refractivity contribution in [2.75, 3.05) is 11.9 Å². The summed E-state index contributed by atoms with van der Waals surface area (Å²) in [5.74, 6) is -0.0314. The number of hydrogen-bond donors (Lipinski definition) is 2. The molecule has 0 amide bonds. The molecule has 2 N–H and O–H groups in total. The molecule has 29 heavy (non-hydrogen) atoms. The summed E-state index contributed by atoms with van der Waals surface area (Å²) in [6, 6.07) is 18.8. The van der Waals surface area contributed by atoms with E-state index in [2.05, 4.69) is 5.32 Å². The number of phenolic OH excluding ortho intramolecular Hbond substituents is 1. The molecule has 1 aliphatic rings. The molecule has 3 nitrogen and oxygen atoms in total. The number of ether oxygens (including phenoxy) is 1. The number of halogens is 2. The van der Waals surface area contributed by atoms with Crippen LogP contribution in [0, 0.1) is 12.7 Å². The molecule has 0 saturated carbocycles. The first kappa shape index (κ1) is 19.2. The van der Waals surface area contributed by atoms with E-state index in [0.717, 1.165) is 5.69 Å². The molecule has 0 fully saturated rings. The summed E-state index contributed by atoms with van der Waals surface area (Å²) in [5, 5.41) is 13.2. The van der Waals surface area contributed by atoms with E-state index >= 15 is 4.39 Å². The second-order valence-corrected chi connectivity index (χ2v) is 7.73. The highest BCUT2D eigenvalue weighted by Crippen LogP contribution is 2.50. The Morgan fingerprint density at radius 2 is 1.83 bits per heavy atom. The van der Waals surface area contributed by atoms with Gasteiger partial charge >= 0.3 is 0 Å². The lowest BCUT2D eigenvalue weighted by molar-refractivity contribution is -0.0561. The van der Waals surface area contributed by atoms with Crippen molar-refractivity contribution in [1.29, 1.82) is 0 Å². The van der Waals surface area contributed by atoms with E-state index in [9.17, 15) is 9.50 Å². The van der Waals surface area contributed by atoms with Crippen LogP contribution in [0.15, 0.2) is 66.7 Å². The smallest absolute Gasteiger partial charge is 0.185 e. The normalized spacial score (nSPS) is 22.9. The van der Waals surface area contributed by atoms with Gasteiger partial charge in [-0.3, -0.25) is 0 Å². The number of benzene rings is 3. The third-order valence-electron chi connectivity index (χ3n) is 5.71. The van der Waals surface area contributed by atoms with Gasteiger partial charge in [0.1, 0.15) is 17.3 Å². The number of phenols is 1. The third kappa shape index (κ3) is 3.31. The van der Waals surface area contributed by atoms with Crippen molar-refractivity contribution in [2.24, 2.45) is 0 Å². The van der Waals surface area contributed by atoms with Crippen molar-refractivity contribution < 1.29 is 18.6 Å². The summed E-state index contributed by atoms with van der Waals surface area (Å²) in [7, 11) is 0. The number of fused-ring (bicyclic) bond motifs is 1. The number of hydrogen-bond acceptors (Lipinski definition) is 3. The van der Waals surface area contributed by atoms with Gasteiger partial charge < -0.3 is 15.2 Å². The van der Waals surface area contributed by atoms with Crippen LogP contribution in [0.3, 0.4) is 0 Å². The van der Waals surface area contributed by atoms with E-state index < -0.39 is 17.1 Å². The quantitative estimate of drug-likeness (QED) is 0.599. The van der Waals surface area contributed by atoms with Crippen LogP contribution in [0.1, 0.15) is 23.6 Å². The van der Waals surface area contributed by atoms with Crippen molar-refractivity contribution in [3.05, 3.63) is 89.2 Å². The molecule has 0 heterocycles. The topological polar surface area (TPSA) is 41.5 Å². The van der Waals surface area contributed by atoms with Gasteiger partial charge in [0.25, 0.3) is 0 Å². The van der Waals surface area contributed by atoms with Gasteiger partial charge in [0, 0.05) is 23.2 Å². The molecule has 0 bridgehead atoms. The van der Waals surface area contributed by atoms with E-state index in [1.165, 1.54) is 19.1 Å². The Morgan fingerprint density at radius 3 is 2.59 bits per heavy atom. The monoisotopic (exact) mass is 395 g/mol. The molecule has 2 atom stereocenters. The van der Waals surface area contributed by atoms with Crippen LogP contribution in [-0.2, 0) is 12.0 Å². The van der Waals surface area contributed by atoms with Gasteiger partial charge in [0.15, 0.2) is 11.3 Å². The van der Waals surface area contributed by atoms with Crippen LogP contribution < -0.4 is 10.1 Å². The summed E-state index contributed by atoms with van der Waals surface area (Å²) in [6.07, 6.45) is 0.0849. The molecular weight excluding hydrogens is 372 g/mol. The zero-order valence-electron chi connectivity index (χ0n) is 16.4. The molecule has 3 aromatic rings. The lowest BCUT2D eigenvalue weighted by Gasteiger charge is -2.40. The summed E-state index contributed by atoms with van der Waals surface area (Å²) in [4.78, 5) is 0. The molecule has 0 aliphatic heterocycles. The predicted molar refractivity (Wildman–Crippen MR) is 110 cm³/mol. The molecule has 1 aliphatic carbocycles. The Labute approximate surface area is 169 Å². The SMILES string of the molecule is Cc1c(F)cccc1OC1(CNc2ccccc2)c2ccc(O)cc2CC1(C)F. The fourth-order valence-electron chi connectivity index (χ4n) is 4.05. The molecular formula is C24H23F2NO2. The standard InChI is InChI=1S/C24H23F2NO2/c1-16-21(25)9-6-10-22(16)29-24(15-27-18-7-4-3-5-8-18)20-12-11-19(28)13-17(20)14-23(24,2)26/h3-13,27-28H,14-15H2,1-2H3. The summed E-state index contributed by atoms with van der Waals surface area (Å²) in [6.45, 7) is 3.24. The van der Waals surface area contributed by atoms with Gasteiger partial charge in [-0.1, -0.05) is 30.3 Å². The van der Waals surface area contributed by atoms with Crippen molar-refractivity contribution in [3.8, 4) is 11.5 Å². The van der Waals surface area contributed by atoms with Crippen molar-refractivity contribution in [3.63, 3.8) is 0 Å². The van der Waals surface area contributed by atoms with E-state index in [-0.39, 0.29) is 18.7 Å². The van der Waals surface area contributed by atoms with E-state index in [0.29, 0.717) is 22.4 Å². The van der Waals surface area contributed by atoms with Gasteiger partial charge in [-0.05, 0) is 55.8 Å². The van der Waals surface area contributed by atoms with E-state index in [1.807, 2.05) is 30.3 Å². The molecule has 4 rings (SSSR count). The van der Waals surface area contributed by atoms with Crippen LogP contribution in [0.25, 0.3) is 0 Å². The second-order valence-electron chi connectivity index (χ2n) is 7.73. The molecule has 5 heteroatoms. The lowest BCUT2D eigenvalue weighted by atomic mass is 9.85. The van der Waals surface area contributed by atoms with E-state index in [1.54, 1.807) is 31.2 Å². The summed E-state index contributed by atoms with van der Waals surface area (Å²) in [5.41, 5.74) is -0.705. The number of para-hydroxylation sites is 1. The van der Waals surface area contributed by atoms with Crippen LogP contribution >= 0.6 is 0 Å². The average molecular weight is 395 g/mol. The van der Waals surface area contributed by atoms with Gasteiger partial charge in [0.2, 0.25) is 0 Å². The Morgan fingerprint density at radius 1 is 1.07 bits per heavy atom. The van der Waals surface area contributed by atoms with Crippen molar-refractivity contribution in [1.82, 2.24) is 0 Å². The Balaban J connectivity index is 1.82. The van der Waals surface area contributed by atoms with Crippen LogP contribution in [0.5, 0.6) is 11.5 Å². The Hall–Kier alpha value is -3.08. The zero-order chi connectivity index (χ0) is 20.6. The molecule has 0 aromatic heterocycles. The average Bonchev–Trinajstić information content (AvgIpc) is 2.90. The molecule has 0 saturated heterocycles. The minimum absolute atomic E-state index is 0.0771. The van der Waals surface area contributed by atoms with Crippen LogP contribution in [0.2, 0.25) is 0 Å². The maximum atomic E-state index is 16.1. The summed E-state index contributed by atoms with van der Waals surface area (Å²) < 4.78 is 36.6. The number of rotatable bonds is 5. The molecule has 3 aromatic carbocycles. The highest BCUT2D eigenvalue weighted by Gasteiger charge is 2.58. The van der Waals surface area contributed by atoms with Crippen LogP contribution in [-0.4, -0.2) is 17.3 Å². The number of nitrogens with one attached hydrogen (secondary N) is 1. The zero-order valence-corrected chi connectivity index (χ0v) is 16.4. The molecule has 0 radical (unpaired) electrons. The largest absolute Gasteiger partial charge is 0.508 e. The van der Waals surface area contributed by atoms with Crippen LogP contribution in [0.4, 0.5) is 14.5 Å². The Kier molecular flexibility index (Phi) is 4.69. The first-order valence-electron chi connectivity index (χ1n) is 9.57. The van der Waals surface area contributed by atoms with Gasteiger partial charge in [-0.2, -0.15) is 0 Å². The number of anilines is 1. The maximum Gasteiger partial charge on any atom is 0.185 e. The maximum absolute atomic E-state index is 16.1. The van der Waals surface area contributed by atoms with Gasteiger partial charge in [-0.25, -0.2) is 8.78 Å². The molecule has 150 valence electrons. The van der Waals surface area contributed by atoms with Gasteiger partial charge in [0.05, 0.1) is 6.54 Å². The van der Waals surface area contributed by atoms with E-state index in [4.69, 9.17) is 4.74 Å². The Bertz CT molecular complexity index is 1040. The highest BCUT2D eigenvalue weighted by atomic mass is 19.1. The first-order chi connectivity index (χ1) is 13.8. The molecule has 2 unspecified atom stereocenters. The van der Waals surface area contributed by atoms with Crippen molar-refractivity contribution >= 4 is 5.69 Å². The lowest BCUT2D eigenvalue weighted by Crippen LogP contribution is -2.52.